The Balaban J connectivity index is -0.000000112. The number of alkyl halides is 24. The first-order chi connectivity index (χ1) is 19.0. The molecular formula is C11H5AlF24O9S2. The van der Waals surface area contributed by atoms with Crippen molar-refractivity contribution in [3.05, 3.63) is 0 Å². The summed E-state index contributed by atoms with van der Waals surface area (Å²) in [4.78, 5) is 0. The van der Waals surface area contributed by atoms with Crippen molar-refractivity contribution in [3.8, 4) is 0 Å². The van der Waals surface area contributed by atoms with E-state index in [1.165, 1.54) is 0 Å². The van der Waals surface area contributed by atoms with Crippen molar-refractivity contribution in [2.75, 3.05) is 0 Å². The molecule has 2 N–H and O–H groups in total. The maximum Gasteiger partial charge on any atom is 3.00 e. The molecule has 286 valence electrons. The normalized spacial score (nSPS) is 14.0. The monoisotopic (exact) mass is 828 g/mol. The van der Waals surface area contributed by atoms with Crippen LogP contribution in [-0.4, -0.2) is 110 Å². The van der Waals surface area contributed by atoms with Crippen molar-refractivity contribution in [2.24, 2.45) is 0 Å². The summed E-state index contributed by atoms with van der Waals surface area (Å²) in [6.07, 6.45) is -47.9. The van der Waals surface area contributed by atoms with E-state index in [4.69, 9.17) is 25.9 Å². The summed E-state index contributed by atoms with van der Waals surface area (Å²) in [5, 5.41) is 28.0. The smallest absolute Gasteiger partial charge is 0.839 e. The topological polar surface area (TPSA) is 178 Å². The molecule has 0 aliphatic carbocycles. The average Bonchev–Trinajstić information content (AvgIpc) is 2.67. The van der Waals surface area contributed by atoms with Crippen LogP contribution in [0, 0.1) is 0 Å². The van der Waals surface area contributed by atoms with Crippen LogP contribution >= 0.6 is 0 Å². The minimum absolute atomic E-state index is 0. The van der Waals surface area contributed by atoms with Crippen molar-refractivity contribution >= 4 is 37.6 Å². The van der Waals surface area contributed by atoms with Crippen LogP contribution < -0.4 is 15.3 Å². The number of rotatable bonds is 0. The molecule has 0 fully saturated rings. The third-order valence-electron chi connectivity index (χ3n) is 2.37. The van der Waals surface area contributed by atoms with Crippen LogP contribution in [0.1, 0.15) is 0 Å². The molecule has 0 aliphatic heterocycles. The van der Waals surface area contributed by atoms with Gasteiger partial charge in [0, 0.05) is 0 Å². The molecule has 0 saturated heterocycles. The van der Waals surface area contributed by atoms with Gasteiger partial charge in [-0.3, -0.25) is 9.11 Å². The fraction of sp³-hybridized carbons (Fsp3) is 1.00. The molecule has 36 heteroatoms. The Morgan fingerprint density at radius 3 is 0.404 bits per heavy atom. The van der Waals surface area contributed by atoms with E-state index < -0.39 is 86.6 Å². The third kappa shape index (κ3) is 29.2. The van der Waals surface area contributed by atoms with Gasteiger partial charge in [0.1, 0.15) is 0 Å². The maximum atomic E-state index is 10.9. The van der Waals surface area contributed by atoms with Gasteiger partial charge in [-0.25, -0.2) is 0 Å². The molecule has 0 bridgehead atoms. The molecular weight excluding hydrogens is 823 g/mol. The first-order valence-corrected chi connectivity index (χ1v) is 11.3. The molecule has 0 heterocycles. The van der Waals surface area contributed by atoms with Gasteiger partial charge in [0.2, 0.25) is 0 Å². The largest absolute Gasteiger partial charge is 3.00 e. The predicted octanol–water partition coefficient (Wildman–Crippen LogP) is 2.93. The van der Waals surface area contributed by atoms with Crippen LogP contribution in [0.25, 0.3) is 0 Å². The molecule has 47 heavy (non-hydrogen) atoms. The predicted molar refractivity (Wildman–Crippen MR) is 88.7 cm³/mol. The van der Waals surface area contributed by atoms with Gasteiger partial charge in [0.25, 0.3) is 0 Å². The molecule has 0 amide bonds. The molecule has 0 saturated carbocycles. The summed E-state index contributed by atoms with van der Waals surface area (Å²) >= 11 is 0. The summed E-state index contributed by atoms with van der Waals surface area (Å²) in [7, 11) is -11.7. The van der Waals surface area contributed by atoms with Gasteiger partial charge in [-0.2, -0.15) is 122 Å². The minimum atomic E-state index is -5.84. The summed E-state index contributed by atoms with van der Waals surface area (Å²) in [5.41, 5.74) is -11.1. The van der Waals surface area contributed by atoms with E-state index >= 15 is 0 Å². The number of hydrogen-bond donors (Lipinski definition) is 2. The molecule has 0 aromatic rings. The van der Waals surface area contributed by atoms with Crippen molar-refractivity contribution < 1.29 is 147 Å². The molecule has 0 aromatic heterocycles. The van der Waals surface area contributed by atoms with Crippen LogP contribution in [0.5, 0.6) is 0 Å². The first-order valence-electron chi connectivity index (χ1n) is 8.41. The van der Waals surface area contributed by atoms with Crippen molar-refractivity contribution in [1.82, 2.24) is 0 Å². The Labute approximate surface area is 251 Å². The molecule has 9 nitrogen and oxygen atoms in total. The average molecular weight is 828 g/mol. The molecule has 0 spiro atoms. The Bertz CT molecular complexity index is 920. The molecule has 0 aromatic carbocycles. The second-order valence-electron chi connectivity index (χ2n) is 6.23. The quantitative estimate of drug-likeness (QED) is 0.161. The van der Waals surface area contributed by atoms with Gasteiger partial charge in [0.15, 0.2) is 0 Å². The minimum Gasteiger partial charge on any atom is -0.839 e. The van der Waals surface area contributed by atoms with Gasteiger partial charge in [-0.15, -0.1) is 0 Å². The van der Waals surface area contributed by atoms with Crippen molar-refractivity contribution in [2.45, 2.75) is 66.4 Å². The fourth-order valence-corrected chi connectivity index (χ4v) is 0.557. The zero-order chi connectivity index (χ0) is 39.7. The zero-order valence-corrected chi connectivity index (χ0v) is 22.7. The summed E-state index contributed by atoms with van der Waals surface area (Å²) < 4.78 is 312. The van der Waals surface area contributed by atoms with E-state index in [1.54, 1.807) is 0 Å². The molecule has 0 aliphatic rings. The molecule has 0 unspecified atom stereocenters. The van der Waals surface area contributed by atoms with Crippen LogP contribution in [0.15, 0.2) is 0 Å². The van der Waals surface area contributed by atoms with E-state index in [2.05, 4.69) is 0 Å². The van der Waals surface area contributed by atoms with Crippen molar-refractivity contribution in [3.63, 3.8) is 0 Å². The van der Waals surface area contributed by atoms with Crippen molar-refractivity contribution in [1.29, 1.82) is 0 Å². The van der Waals surface area contributed by atoms with E-state index in [0.29, 0.717) is 0 Å². The first kappa shape index (κ1) is 57.8. The van der Waals surface area contributed by atoms with Crippen LogP contribution in [0.3, 0.4) is 0 Å². The Morgan fingerprint density at radius 1 is 0.340 bits per heavy atom. The molecule has 0 atom stereocenters. The van der Waals surface area contributed by atoms with Gasteiger partial charge in [-0.05, 0) is 0 Å². The van der Waals surface area contributed by atoms with Crippen LogP contribution in [0.2, 0.25) is 0 Å². The maximum absolute atomic E-state index is 10.9. The van der Waals surface area contributed by atoms with E-state index in [0.717, 1.165) is 0 Å². The van der Waals surface area contributed by atoms with E-state index in [-0.39, 0.29) is 17.4 Å². The summed E-state index contributed by atoms with van der Waals surface area (Å²) in [6.45, 7) is 0. The second-order valence-corrected chi connectivity index (χ2v) is 9.06. The van der Waals surface area contributed by atoms with E-state index in [9.17, 15) is 121 Å². The second kappa shape index (κ2) is 18.5. The summed E-state index contributed by atoms with van der Waals surface area (Å²) in [6, 6.07) is 0. The number of halogens is 24. The van der Waals surface area contributed by atoms with Gasteiger partial charge < -0.3 is 15.3 Å². The Morgan fingerprint density at radius 2 is 0.404 bits per heavy atom. The van der Waals surface area contributed by atoms with E-state index in [1.807, 2.05) is 0 Å². The number of hydrogen-bond acceptors (Lipinski definition) is 7. The van der Waals surface area contributed by atoms with Crippen LogP contribution in [-0.2, 0) is 20.2 Å². The molecule has 0 rings (SSSR count). The molecule has 0 radical (unpaired) electrons. The Hall–Kier alpha value is -1.45. The Kier molecular flexibility index (Phi) is 22.8. The third-order valence-corrected chi connectivity index (χ3v) is 3.54. The van der Waals surface area contributed by atoms with Gasteiger partial charge in [-0.1, -0.05) is 0 Å². The summed E-state index contributed by atoms with van der Waals surface area (Å²) in [5.74, 6) is 0. The van der Waals surface area contributed by atoms with Crippen LogP contribution in [0.4, 0.5) is 105 Å². The van der Waals surface area contributed by atoms with Gasteiger partial charge >= 0.3 is 85.7 Å². The fourth-order valence-electron chi connectivity index (χ4n) is 0.557. The van der Waals surface area contributed by atoms with Gasteiger partial charge in [0.05, 0.1) is 18.3 Å². The SMILES string of the molecule is O=S(=O)(O)C(F)(F)F.O=S(=O)(O)C(F)(F)F.[Al+3].[O-]C(C(F)(F)F)C(F)(F)F.[O-]C(C(F)(F)F)C(F)(F)F.[O-]C(C(F)(F)F)C(F)(F)F. The standard InChI is InChI=1S/3C3HF6O.2CHF3O3S.Al/c3*4-2(5,6)1(10)3(7,8)9;2*2-1(3,4)8(5,6)7;/h3*1H;2*(H,5,6,7);/q3*-1;;;+3. The zero-order valence-electron chi connectivity index (χ0n) is 19.9.